The molecule has 1 N–H and O–H groups in total. The molecule has 0 amide bonds. The minimum Gasteiger partial charge on any atom is -0.378 e. The Balaban J connectivity index is 1.59. The van der Waals surface area contributed by atoms with Gasteiger partial charge in [0.05, 0.1) is 11.8 Å². The first-order valence-corrected chi connectivity index (χ1v) is 7.53. The van der Waals surface area contributed by atoms with Gasteiger partial charge in [0, 0.05) is 18.7 Å². The third-order valence-corrected chi connectivity index (χ3v) is 4.50. The van der Waals surface area contributed by atoms with Crippen molar-refractivity contribution in [2.75, 3.05) is 6.61 Å². The van der Waals surface area contributed by atoms with Gasteiger partial charge in [-0.1, -0.05) is 13.3 Å². The van der Waals surface area contributed by atoms with E-state index in [-0.39, 0.29) is 0 Å². The molecule has 2 aliphatic rings. The van der Waals surface area contributed by atoms with Gasteiger partial charge in [-0.2, -0.15) is 0 Å². The number of hydrogen-bond donors (Lipinski definition) is 1. The van der Waals surface area contributed by atoms with Crippen LogP contribution in [-0.2, 0) is 24.0 Å². The van der Waals surface area contributed by atoms with E-state index in [0.717, 1.165) is 25.4 Å². The SMILES string of the molecule is CCC1CCc2nc(CCC3CCCO3)[nH]c2C1. The molecule has 1 aromatic heterocycles. The summed E-state index contributed by atoms with van der Waals surface area (Å²) >= 11 is 0. The van der Waals surface area contributed by atoms with Crippen LogP contribution in [0.4, 0.5) is 0 Å². The highest BCUT2D eigenvalue weighted by Crippen LogP contribution is 2.26. The van der Waals surface area contributed by atoms with Gasteiger partial charge in [-0.3, -0.25) is 0 Å². The smallest absolute Gasteiger partial charge is 0.106 e. The summed E-state index contributed by atoms with van der Waals surface area (Å²) in [6.07, 6.45) is 10.1. The van der Waals surface area contributed by atoms with Crippen molar-refractivity contribution in [3.63, 3.8) is 0 Å². The zero-order chi connectivity index (χ0) is 12.4. The predicted octanol–water partition coefficient (Wildman–Crippen LogP) is 3.04. The molecule has 1 fully saturated rings. The lowest BCUT2D eigenvalue weighted by Crippen LogP contribution is -2.12. The first kappa shape index (κ1) is 12.2. The molecular weight excluding hydrogens is 224 g/mol. The number of fused-ring (bicyclic) bond motifs is 1. The number of ether oxygens (including phenoxy) is 1. The summed E-state index contributed by atoms with van der Waals surface area (Å²) in [4.78, 5) is 8.32. The van der Waals surface area contributed by atoms with E-state index in [2.05, 4.69) is 11.9 Å². The zero-order valence-electron chi connectivity index (χ0n) is 11.4. The number of aromatic amines is 1. The second-order valence-corrected chi connectivity index (χ2v) is 5.80. The molecule has 0 radical (unpaired) electrons. The van der Waals surface area contributed by atoms with Crippen LogP contribution in [0.2, 0.25) is 0 Å². The molecule has 2 unspecified atom stereocenters. The molecule has 18 heavy (non-hydrogen) atoms. The highest BCUT2D eigenvalue weighted by Gasteiger charge is 2.21. The summed E-state index contributed by atoms with van der Waals surface area (Å²) in [5.74, 6) is 2.05. The molecule has 3 heteroatoms. The van der Waals surface area contributed by atoms with E-state index in [4.69, 9.17) is 9.72 Å². The van der Waals surface area contributed by atoms with E-state index in [1.54, 1.807) is 0 Å². The Labute approximate surface area is 109 Å². The minimum atomic E-state index is 0.482. The molecule has 2 heterocycles. The maximum absolute atomic E-state index is 5.67. The molecule has 3 nitrogen and oxygen atoms in total. The average Bonchev–Trinajstić information content (AvgIpc) is 3.04. The Morgan fingerprint density at radius 1 is 1.39 bits per heavy atom. The number of nitrogens with one attached hydrogen (secondary N) is 1. The number of hydrogen-bond acceptors (Lipinski definition) is 2. The first-order chi connectivity index (χ1) is 8.85. The summed E-state index contributed by atoms with van der Waals surface area (Å²) in [7, 11) is 0. The molecule has 1 saturated heterocycles. The summed E-state index contributed by atoms with van der Waals surface area (Å²) in [5.41, 5.74) is 2.75. The Morgan fingerprint density at radius 2 is 2.33 bits per heavy atom. The predicted molar refractivity (Wildman–Crippen MR) is 71.7 cm³/mol. The lowest BCUT2D eigenvalue weighted by molar-refractivity contribution is 0.104. The van der Waals surface area contributed by atoms with Crippen molar-refractivity contribution in [1.29, 1.82) is 0 Å². The number of aryl methyl sites for hydroxylation is 2. The molecule has 0 saturated carbocycles. The van der Waals surface area contributed by atoms with Gasteiger partial charge >= 0.3 is 0 Å². The van der Waals surface area contributed by atoms with E-state index in [1.165, 1.54) is 55.7 Å². The zero-order valence-corrected chi connectivity index (χ0v) is 11.4. The Morgan fingerprint density at radius 3 is 3.11 bits per heavy atom. The fourth-order valence-corrected chi connectivity index (χ4v) is 3.25. The first-order valence-electron chi connectivity index (χ1n) is 7.53. The molecule has 3 rings (SSSR count). The van der Waals surface area contributed by atoms with Gasteiger partial charge in [-0.05, 0) is 44.4 Å². The quantitative estimate of drug-likeness (QED) is 0.889. The fraction of sp³-hybridized carbons (Fsp3) is 0.800. The van der Waals surface area contributed by atoms with Gasteiger partial charge in [0.15, 0.2) is 0 Å². The molecule has 1 aromatic rings. The summed E-state index contributed by atoms with van der Waals surface area (Å²) < 4.78 is 5.67. The lowest BCUT2D eigenvalue weighted by atomic mass is 9.88. The van der Waals surface area contributed by atoms with Crippen molar-refractivity contribution in [3.05, 3.63) is 17.2 Å². The van der Waals surface area contributed by atoms with Crippen LogP contribution in [0.1, 0.15) is 56.2 Å². The minimum absolute atomic E-state index is 0.482. The summed E-state index contributed by atoms with van der Waals surface area (Å²) in [6.45, 7) is 3.25. The number of aromatic nitrogens is 2. The van der Waals surface area contributed by atoms with Crippen LogP contribution >= 0.6 is 0 Å². The van der Waals surface area contributed by atoms with E-state index < -0.39 is 0 Å². The van der Waals surface area contributed by atoms with Crippen molar-refractivity contribution in [3.8, 4) is 0 Å². The number of nitrogens with zero attached hydrogens (tertiary/aromatic N) is 1. The highest BCUT2D eigenvalue weighted by atomic mass is 16.5. The average molecular weight is 248 g/mol. The third kappa shape index (κ3) is 2.61. The van der Waals surface area contributed by atoms with E-state index in [1.807, 2.05) is 0 Å². The van der Waals surface area contributed by atoms with Crippen molar-refractivity contribution >= 4 is 0 Å². The monoisotopic (exact) mass is 248 g/mol. The molecule has 1 aliphatic heterocycles. The van der Waals surface area contributed by atoms with Crippen molar-refractivity contribution in [1.82, 2.24) is 9.97 Å². The van der Waals surface area contributed by atoms with Crippen LogP contribution < -0.4 is 0 Å². The van der Waals surface area contributed by atoms with Crippen LogP contribution in [-0.4, -0.2) is 22.7 Å². The highest BCUT2D eigenvalue weighted by molar-refractivity contribution is 5.18. The summed E-state index contributed by atoms with van der Waals surface area (Å²) in [5, 5.41) is 0. The standard InChI is InChI=1S/C15H24N2O/c1-2-11-5-7-13-14(10-11)17-15(16-13)8-6-12-4-3-9-18-12/h11-12H,2-10H2,1H3,(H,16,17). The molecule has 2 atom stereocenters. The van der Waals surface area contributed by atoms with Crippen LogP contribution in [0.25, 0.3) is 0 Å². The van der Waals surface area contributed by atoms with Crippen molar-refractivity contribution in [2.45, 2.75) is 64.4 Å². The largest absolute Gasteiger partial charge is 0.378 e. The van der Waals surface area contributed by atoms with Crippen LogP contribution in [0.3, 0.4) is 0 Å². The molecular formula is C15H24N2O. The van der Waals surface area contributed by atoms with E-state index in [0.29, 0.717) is 6.10 Å². The normalized spacial score (nSPS) is 27.4. The van der Waals surface area contributed by atoms with Crippen molar-refractivity contribution in [2.24, 2.45) is 5.92 Å². The van der Waals surface area contributed by atoms with Crippen molar-refractivity contribution < 1.29 is 4.74 Å². The third-order valence-electron chi connectivity index (χ3n) is 4.50. The van der Waals surface area contributed by atoms with Gasteiger partial charge in [-0.15, -0.1) is 0 Å². The molecule has 0 aromatic carbocycles. The Hall–Kier alpha value is -0.830. The van der Waals surface area contributed by atoms with Gasteiger partial charge in [0.1, 0.15) is 5.82 Å². The van der Waals surface area contributed by atoms with E-state index >= 15 is 0 Å². The van der Waals surface area contributed by atoms with Crippen LogP contribution in [0.15, 0.2) is 0 Å². The maximum Gasteiger partial charge on any atom is 0.106 e. The van der Waals surface area contributed by atoms with Gasteiger partial charge < -0.3 is 9.72 Å². The lowest BCUT2D eigenvalue weighted by Gasteiger charge is -2.19. The fourth-order valence-electron chi connectivity index (χ4n) is 3.25. The molecule has 0 spiro atoms. The number of H-pyrrole nitrogens is 1. The molecule has 1 aliphatic carbocycles. The van der Waals surface area contributed by atoms with Gasteiger partial charge in [0.2, 0.25) is 0 Å². The second kappa shape index (κ2) is 5.43. The topological polar surface area (TPSA) is 37.9 Å². The summed E-state index contributed by atoms with van der Waals surface area (Å²) in [6, 6.07) is 0. The van der Waals surface area contributed by atoms with E-state index in [9.17, 15) is 0 Å². The number of imidazole rings is 1. The Bertz CT molecular complexity index is 393. The molecule has 100 valence electrons. The molecule has 0 bridgehead atoms. The second-order valence-electron chi connectivity index (χ2n) is 5.80. The van der Waals surface area contributed by atoms with Gasteiger partial charge in [0.25, 0.3) is 0 Å². The maximum atomic E-state index is 5.67. The van der Waals surface area contributed by atoms with Crippen LogP contribution in [0.5, 0.6) is 0 Å². The Kier molecular flexibility index (Phi) is 3.69. The van der Waals surface area contributed by atoms with Crippen LogP contribution in [0, 0.1) is 5.92 Å². The van der Waals surface area contributed by atoms with Gasteiger partial charge in [-0.25, -0.2) is 4.98 Å². The number of rotatable bonds is 4.